The van der Waals surface area contributed by atoms with Crippen LogP contribution in [0.25, 0.3) is 10.8 Å². The molecule has 7 heteroatoms. The highest BCUT2D eigenvalue weighted by molar-refractivity contribution is 7.98. The molecule has 0 aliphatic carbocycles. The lowest BCUT2D eigenvalue weighted by molar-refractivity contribution is 0.119. The molecule has 0 fully saturated rings. The third-order valence-corrected chi connectivity index (χ3v) is 5.49. The largest absolute Gasteiger partial charge is 0.379 e. The van der Waals surface area contributed by atoms with Crippen LogP contribution in [0.2, 0.25) is 0 Å². The summed E-state index contributed by atoms with van der Waals surface area (Å²) in [5, 5.41) is 3.99. The second kappa shape index (κ2) is 6.91. The Bertz CT molecular complexity index is 573. The topological polar surface area (TPSA) is 74.2 Å². The summed E-state index contributed by atoms with van der Waals surface area (Å²) in [7, 11) is 0. The Labute approximate surface area is 132 Å². The SMILES string of the molecule is CCCOCC(N)c1noc(-c2cc3c(s2)CCSC3)n1. The van der Waals surface area contributed by atoms with Crippen molar-refractivity contribution in [2.45, 2.75) is 31.6 Å². The highest BCUT2D eigenvalue weighted by Gasteiger charge is 2.20. The number of aromatic nitrogens is 2. The molecular formula is C14H19N3O2S2. The second-order valence-corrected chi connectivity index (χ2v) is 7.24. The van der Waals surface area contributed by atoms with Crippen molar-refractivity contribution in [3.63, 3.8) is 0 Å². The molecule has 5 nitrogen and oxygen atoms in total. The van der Waals surface area contributed by atoms with Crippen LogP contribution in [-0.2, 0) is 16.9 Å². The Kier molecular flexibility index (Phi) is 4.95. The van der Waals surface area contributed by atoms with E-state index in [2.05, 4.69) is 23.1 Å². The van der Waals surface area contributed by atoms with E-state index in [-0.39, 0.29) is 6.04 Å². The monoisotopic (exact) mass is 325 g/mol. The van der Waals surface area contributed by atoms with Crippen molar-refractivity contribution < 1.29 is 9.26 Å². The van der Waals surface area contributed by atoms with Crippen molar-refractivity contribution in [1.29, 1.82) is 0 Å². The van der Waals surface area contributed by atoms with E-state index < -0.39 is 0 Å². The minimum Gasteiger partial charge on any atom is -0.379 e. The molecule has 2 aromatic heterocycles. The molecule has 1 atom stereocenters. The minimum atomic E-state index is -0.334. The zero-order chi connectivity index (χ0) is 14.7. The third kappa shape index (κ3) is 3.48. The predicted molar refractivity (Wildman–Crippen MR) is 85.5 cm³/mol. The molecule has 0 radical (unpaired) electrons. The van der Waals surface area contributed by atoms with E-state index in [4.69, 9.17) is 15.0 Å². The van der Waals surface area contributed by atoms with Crippen LogP contribution in [0.3, 0.4) is 0 Å². The van der Waals surface area contributed by atoms with Gasteiger partial charge in [-0.3, -0.25) is 0 Å². The van der Waals surface area contributed by atoms with Crippen molar-refractivity contribution in [3.8, 4) is 10.8 Å². The number of ether oxygens (including phenoxy) is 1. The fourth-order valence-electron chi connectivity index (χ4n) is 2.17. The van der Waals surface area contributed by atoms with E-state index in [0.29, 0.717) is 24.9 Å². The van der Waals surface area contributed by atoms with Gasteiger partial charge in [0, 0.05) is 17.2 Å². The molecule has 0 amide bonds. The highest BCUT2D eigenvalue weighted by Crippen LogP contribution is 2.36. The lowest BCUT2D eigenvalue weighted by Crippen LogP contribution is -2.18. The number of nitrogens with two attached hydrogens (primary N) is 1. The first-order valence-corrected chi connectivity index (χ1v) is 9.11. The summed E-state index contributed by atoms with van der Waals surface area (Å²) in [6.07, 6.45) is 2.11. The molecule has 1 aliphatic rings. The molecule has 2 N–H and O–H groups in total. The van der Waals surface area contributed by atoms with Crippen LogP contribution in [0.15, 0.2) is 10.6 Å². The van der Waals surface area contributed by atoms with Crippen molar-refractivity contribution in [2.75, 3.05) is 19.0 Å². The molecule has 0 aromatic carbocycles. The molecule has 1 aliphatic heterocycles. The average molecular weight is 325 g/mol. The molecule has 114 valence electrons. The van der Waals surface area contributed by atoms with E-state index in [1.807, 2.05) is 11.8 Å². The summed E-state index contributed by atoms with van der Waals surface area (Å²) in [4.78, 5) is 6.91. The molecule has 0 saturated carbocycles. The molecule has 21 heavy (non-hydrogen) atoms. The van der Waals surface area contributed by atoms with Crippen LogP contribution >= 0.6 is 23.1 Å². The number of nitrogens with zero attached hydrogens (tertiary/aromatic N) is 2. The zero-order valence-corrected chi connectivity index (χ0v) is 13.6. The van der Waals surface area contributed by atoms with Gasteiger partial charge in [-0.1, -0.05) is 12.1 Å². The van der Waals surface area contributed by atoms with Gasteiger partial charge in [-0.2, -0.15) is 16.7 Å². The summed E-state index contributed by atoms with van der Waals surface area (Å²) in [6, 6.07) is 1.84. The lowest BCUT2D eigenvalue weighted by atomic mass is 10.2. The van der Waals surface area contributed by atoms with Gasteiger partial charge >= 0.3 is 0 Å². The normalized spacial score (nSPS) is 15.9. The fraction of sp³-hybridized carbons (Fsp3) is 0.571. The van der Waals surface area contributed by atoms with Gasteiger partial charge < -0.3 is 15.0 Å². The minimum absolute atomic E-state index is 0.334. The van der Waals surface area contributed by atoms with Crippen LogP contribution in [0.1, 0.15) is 35.7 Å². The second-order valence-electron chi connectivity index (χ2n) is 5.00. The molecule has 2 aromatic rings. The van der Waals surface area contributed by atoms with Gasteiger partial charge in [-0.05, 0) is 30.2 Å². The first-order valence-electron chi connectivity index (χ1n) is 7.14. The van der Waals surface area contributed by atoms with Gasteiger partial charge in [0.2, 0.25) is 0 Å². The molecule has 3 heterocycles. The van der Waals surface area contributed by atoms with E-state index in [9.17, 15) is 0 Å². The summed E-state index contributed by atoms with van der Waals surface area (Å²) < 4.78 is 10.8. The van der Waals surface area contributed by atoms with E-state index in [1.54, 1.807) is 11.3 Å². The summed E-state index contributed by atoms with van der Waals surface area (Å²) in [5.74, 6) is 3.36. The number of thioether (sulfide) groups is 1. The quantitative estimate of drug-likeness (QED) is 0.823. The molecular weight excluding hydrogens is 306 g/mol. The van der Waals surface area contributed by atoms with Gasteiger partial charge in [-0.25, -0.2) is 0 Å². The maximum absolute atomic E-state index is 6.01. The Morgan fingerprint density at radius 3 is 3.24 bits per heavy atom. The van der Waals surface area contributed by atoms with E-state index in [0.717, 1.165) is 23.5 Å². The fourth-order valence-corrected chi connectivity index (χ4v) is 4.46. The summed E-state index contributed by atoms with van der Waals surface area (Å²) in [5.41, 5.74) is 7.42. The maximum atomic E-state index is 6.01. The van der Waals surface area contributed by atoms with Gasteiger partial charge in [0.25, 0.3) is 5.89 Å². The maximum Gasteiger partial charge on any atom is 0.268 e. The smallest absolute Gasteiger partial charge is 0.268 e. The van der Waals surface area contributed by atoms with Crippen LogP contribution < -0.4 is 5.73 Å². The van der Waals surface area contributed by atoms with Crippen molar-refractivity contribution in [1.82, 2.24) is 10.1 Å². The number of thiophene rings is 1. The van der Waals surface area contributed by atoms with E-state index in [1.165, 1.54) is 16.2 Å². The number of fused-ring (bicyclic) bond motifs is 1. The van der Waals surface area contributed by atoms with Crippen molar-refractivity contribution >= 4 is 23.1 Å². The van der Waals surface area contributed by atoms with Crippen molar-refractivity contribution in [2.24, 2.45) is 5.73 Å². The number of rotatable bonds is 6. The average Bonchev–Trinajstić information content (AvgIpc) is 3.13. The van der Waals surface area contributed by atoms with Gasteiger partial charge in [0.1, 0.15) is 0 Å². The highest BCUT2D eigenvalue weighted by atomic mass is 32.2. The number of hydrogen-bond acceptors (Lipinski definition) is 7. The zero-order valence-electron chi connectivity index (χ0n) is 12.0. The van der Waals surface area contributed by atoms with Crippen molar-refractivity contribution in [3.05, 3.63) is 22.3 Å². The molecule has 0 spiro atoms. The van der Waals surface area contributed by atoms with Gasteiger partial charge in [0.05, 0.1) is 17.5 Å². The Morgan fingerprint density at radius 1 is 1.52 bits per heavy atom. The van der Waals surface area contributed by atoms with Crippen LogP contribution in [0.5, 0.6) is 0 Å². The van der Waals surface area contributed by atoms with Crippen LogP contribution in [-0.4, -0.2) is 29.1 Å². The van der Waals surface area contributed by atoms with Gasteiger partial charge in [0.15, 0.2) is 5.82 Å². The third-order valence-electron chi connectivity index (χ3n) is 3.26. The number of hydrogen-bond donors (Lipinski definition) is 1. The predicted octanol–water partition coefficient (Wildman–Crippen LogP) is 3.01. The van der Waals surface area contributed by atoms with Gasteiger partial charge in [-0.15, -0.1) is 11.3 Å². The molecule has 0 bridgehead atoms. The first kappa shape index (κ1) is 15.0. The molecule has 3 rings (SSSR count). The standard InChI is InChI=1S/C14H19N3O2S2/c1-2-4-18-7-10(15)13-16-14(19-17-13)12-6-9-8-20-5-3-11(9)21-12/h6,10H,2-5,7-8,15H2,1H3. The molecule has 1 unspecified atom stereocenters. The summed E-state index contributed by atoms with van der Waals surface area (Å²) >= 11 is 3.72. The Hall–Kier alpha value is -0.890. The van der Waals surface area contributed by atoms with E-state index >= 15 is 0 Å². The molecule has 0 saturated heterocycles. The number of aryl methyl sites for hydroxylation is 1. The Morgan fingerprint density at radius 2 is 2.43 bits per heavy atom. The summed E-state index contributed by atoms with van der Waals surface area (Å²) in [6.45, 7) is 3.19. The van der Waals surface area contributed by atoms with Crippen LogP contribution in [0, 0.1) is 0 Å². The lowest BCUT2D eigenvalue weighted by Gasteiger charge is -2.08. The Balaban J connectivity index is 1.70. The van der Waals surface area contributed by atoms with Crippen LogP contribution in [0.4, 0.5) is 0 Å². The first-order chi connectivity index (χ1) is 10.3.